The monoisotopic (exact) mass is 446 g/mol. The molecule has 0 atom stereocenters. The molecule has 8 heteroatoms. The van der Waals surface area contributed by atoms with Crippen molar-refractivity contribution in [3.8, 4) is 0 Å². The molecular weight excluding hydrogens is 420 g/mol. The number of hydrogen-bond acceptors (Lipinski definition) is 2. The van der Waals surface area contributed by atoms with E-state index in [0.29, 0.717) is 31.1 Å². The minimum Gasteiger partial charge on any atom is -0.370 e. The molecule has 0 aromatic carbocycles. The zero-order valence-corrected chi connectivity index (χ0v) is 15.8. The number of nitrogens with zero attached hydrogens (tertiary/aromatic N) is 3. The van der Waals surface area contributed by atoms with E-state index >= 15 is 0 Å². The van der Waals surface area contributed by atoms with Gasteiger partial charge in [-0.25, -0.2) is 4.99 Å². The molecule has 3 fully saturated rings. The van der Waals surface area contributed by atoms with Crippen molar-refractivity contribution < 1.29 is 13.2 Å². The van der Waals surface area contributed by atoms with Gasteiger partial charge in [-0.05, 0) is 51.6 Å². The molecule has 23 heavy (non-hydrogen) atoms. The average Bonchev–Trinajstić information content (AvgIpc) is 3.25. The predicted octanol–water partition coefficient (Wildman–Crippen LogP) is 2.82. The standard InChI is InChI=1S/C15H25F3N4.HI/c1-21(12-2-3-12)14(19)20-11-8-13(9-11)22-6-4-10(5-7-22)15(16,17)18;/h10-13H,2-9H2,1H3,(H2,19,20);1H. The molecule has 1 heterocycles. The van der Waals surface area contributed by atoms with E-state index in [-0.39, 0.29) is 42.9 Å². The maximum Gasteiger partial charge on any atom is 0.391 e. The van der Waals surface area contributed by atoms with Crippen LogP contribution in [0.1, 0.15) is 38.5 Å². The smallest absolute Gasteiger partial charge is 0.370 e. The van der Waals surface area contributed by atoms with Crippen LogP contribution in [0.3, 0.4) is 0 Å². The van der Waals surface area contributed by atoms with Gasteiger partial charge < -0.3 is 15.5 Å². The molecule has 4 nitrogen and oxygen atoms in total. The number of alkyl halides is 3. The summed E-state index contributed by atoms with van der Waals surface area (Å²) in [6, 6.07) is 1.19. The maximum atomic E-state index is 12.7. The highest BCUT2D eigenvalue weighted by Gasteiger charge is 2.43. The van der Waals surface area contributed by atoms with Crippen molar-refractivity contribution in [2.75, 3.05) is 20.1 Å². The maximum absolute atomic E-state index is 12.7. The zero-order valence-electron chi connectivity index (χ0n) is 13.4. The fourth-order valence-corrected chi connectivity index (χ4v) is 3.48. The van der Waals surface area contributed by atoms with E-state index in [4.69, 9.17) is 5.73 Å². The number of hydrogen-bond donors (Lipinski definition) is 1. The number of halogens is 4. The Morgan fingerprint density at radius 3 is 2.17 bits per heavy atom. The van der Waals surface area contributed by atoms with Gasteiger partial charge in [-0.1, -0.05) is 0 Å². The van der Waals surface area contributed by atoms with Crippen molar-refractivity contribution in [1.29, 1.82) is 0 Å². The van der Waals surface area contributed by atoms with Crippen LogP contribution in [0.4, 0.5) is 13.2 Å². The normalized spacial score (nSPS) is 30.5. The van der Waals surface area contributed by atoms with Gasteiger partial charge >= 0.3 is 6.18 Å². The quantitative estimate of drug-likeness (QED) is 0.412. The predicted molar refractivity (Wildman–Crippen MR) is 95.0 cm³/mol. The zero-order chi connectivity index (χ0) is 15.9. The highest BCUT2D eigenvalue weighted by molar-refractivity contribution is 14.0. The number of likely N-dealkylation sites (tertiary alicyclic amines) is 1. The van der Waals surface area contributed by atoms with Crippen molar-refractivity contribution in [3.05, 3.63) is 0 Å². The summed E-state index contributed by atoms with van der Waals surface area (Å²) in [7, 11) is 1.98. The first-order valence-electron chi connectivity index (χ1n) is 8.21. The van der Waals surface area contributed by atoms with Crippen molar-refractivity contribution >= 4 is 29.9 Å². The van der Waals surface area contributed by atoms with Gasteiger partial charge in [0, 0.05) is 19.1 Å². The SMILES string of the molecule is CN(C(N)=NC1CC(N2CCC(C(F)(F)F)CC2)C1)C1CC1.I. The molecule has 1 saturated heterocycles. The molecule has 0 unspecified atom stereocenters. The van der Waals surface area contributed by atoms with E-state index in [1.54, 1.807) is 0 Å². The lowest BCUT2D eigenvalue weighted by Crippen LogP contribution is -2.51. The van der Waals surface area contributed by atoms with Crippen LogP contribution in [0.5, 0.6) is 0 Å². The van der Waals surface area contributed by atoms with E-state index in [2.05, 4.69) is 9.89 Å². The topological polar surface area (TPSA) is 44.9 Å². The molecule has 2 saturated carbocycles. The molecule has 0 amide bonds. The Balaban J connectivity index is 0.00000192. The Morgan fingerprint density at radius 2 is 1.70 bits per heavy atom. The van der Waals surface area contributed by atoms with Gasteiger partial charge in [-0.2, -0.15) is 13.2 Å². The Morgan fingerprint density at radius 1 is 1.13 bits per heavy atom. The summed E-state index contributed by atoms with van der Waals surface area (Å²) in [6.07, 6.45) is 0.676. The van der Waals surface area contributed by atoms with Crippen LogP contribution in [0.2, 0.25) is 0 Å². The molecule has 0 aromatic rings. The van der Waals surface area contributed by atoms with E-state index in [1.165, 1.54) is 12.8 Å². The third-order valence-electron chi connectivity index (χ3n) is 5.37. The third kappa shape index (κ3) is 4.64. The van der Waals surface area contributed by atoms with Crippen LogP contribution in [0.25, 0.3) is 0 Å². The van der Waals surface area contributed by atoms with Gasteiger partial charge in [0.2, 0.25) is 0 Å². The minimum absolute atomic E-state index is 0. The molecule has 0 aromatic heterocycles. The van der Waals surface area contributed by atoms with Crippen molar-refractivity contribution in [2.45, 2.75) is 62.8 Å². The van der Waals surface area contributed by atoms with Crippen LogP contribution >= 0.6 is 24.0 Å². The number of aliphatic imine (C=N–C) groups is 1. The molecule has 0 spiro atoms. The lowest BCUT2D eigenvalue weighted by Gasteiger charge is -2.44. The van der Waals surface area contributed by atoms with Gasteiger partial charge in [0.1, 0.15) is 0 Å². The van der Waals surface area contributed by atoms with Crippen LogP contribution < -0.4 is 5.73 Å². The van der Waals surface area contributed by atoms with Crippen LogP contribution in [-0.4, -0.2) is 60.2 Å². The van der Waals surface area contributed by atoms with Gasteiger partial charge in [0.15, 0.2) is 5.96 Å². The van der Waals surface area contributed by atoms with Gasteiger partial charge in [-0.3, -0.25) is 0 Å². The van der Waals surface area contributed by atoms with E-state index in [1.807, 2.05) is 11.9 Å². The first-order chi connectivity index (χ1) is 10.3. The first kappa shape index (κ1) is 19.1. The van der Waals surface area contributed by atoms with Crippen molar-refractivity contribution in [1.82, 2.24) is 9.80 Å². The minimum atomic E-state index is -4.03. The lowest BCUT2D eigenvalue weighted by atomic mass is 9.83. The van der Waals surface area contributed by atoms with Crippen molar-refractivity contribution in [2.24, 2.45) is 16.6 Å². The molecule has 1 aliphatic heterocycles. The first-order valence-corrected chi connectivity index (χ1v) is 8.21. The van der Waals surface area contributed by atoms with E-state index < -0.39 is 12.1 Å². The summed E-state index contributed by atoms with van der Waals surface area (Å²) in [6.45, 7) is 1.12. The van der Waals surface area contributed by atoms with Crippen LogP contribution in [0, 0.1) is 5.92 Å². The highest BCUT2D eigenvalue weighted by Crippen LogP contribution is 2.37. The molecule has 134 valence electrons. The summed E-state index contributed by atoms with van der Waals surface area (Å²) in [5.41, 5.74) is 6.00. The number of guanidine groups is 1. The molecule has 0 radical (unpaired) electrons. The summed E-state index contributed by atoms with van der Waals surface area (Å²) in [4.78, 5) is 8.80. The lowest BCUT2D eigenvalue weighted by molar-refractivity contribution is -0.187. The van der Waals surface area contributed by atoms with E-state index in [9.17, 15) is 13.2 Å². The summed E-state index contributed by atoms with van der Waals surface area (Å²) in [5, 5.41) is 0. The molecule has 2 aliphatic carbocycles. The molecular formula is C15H26F3IN4. The molecule has 3 aliphatic rings. The second-order valence-corrected chi connectivity index (χ2v) is 6.96. The Kier molecular flexibility index (Phi) is 6.08. The summed E-state index contributed by atoms with van der Waals surface area (Å²) < 4.78 is 38.0. The highest BCUT2D eigenvalue weighted by atomic mass is 127. The second kappa shape index (κ2) is 7.33. The Bertz CT molecular complexity index is 425. The van der Waals surface area contributed by atoms with Crippen molar-refractivity contribution in [3.63, 3.8) is 0 Å². The van der Waals surface area contributed by atoms with Gasteiger partial charge in [0.25, 0.3) is 0 Å². The fourth-order valence-electron chi connectivity index (χ4n) is 3.48. The van der Waals surface area contributed by atoms with E-state index in [0.717, 1.165) is 12.8 Å². The molecule has 2 N–H and O–H groups in total. The number of piperidine rings is 1. The second-order valence-electron chi connectivity index (χ2n) is 6.96. The van der Waals surface area contributed by atoms with Crippen LogP contribution in [-0.2, 0) is 0 Å². The fraction of sp³-hybridized carbons (Fsp3) is 0.933. The third-order valence-corrected chi connectivity index (χ3v) is 5.37. The Labute approximate surface area is 152 Å². The van der Waals surface area contributed by atoms with Gasteiger partial charge in [-0.15, -0.1) is 24.0 Å². The largest absolute Gasteiger partial charge is 0.391 e. The van der Waals surface area contributed by atoms with Gasteiger partial charge in [0.05, 0.1) is 12.0 Å². The summed E-state index contributed by atoms with van der Waals surface area (Å²) in [5.74, 6) is -0.498. The Hall–Kier alpha value is -0.250. The average molecular weight is 446 g/mol. The molecule has 3 rings (SSSR count). The number of nitrogens with two attached hydrogens (primary N) is 1. The number of rotatable bonds is 3. The summed E-state index contributed by atoms with van der Waals surface area (Å²) >= 11 is 0. The molecule has 0 bridgehead atoms. The van der Waals surface area contributed by atoms with Crippen LogP contribution in [0.15, 0.2) is 4.99 Å².